The second-order valence-electron chi connectivity index (χ2n) is 6.60. The van der Waals surface area contributed by atoms with Crippen LogP contribution in [-0.4, -0.2) is 37.9 Å². The number of para-hydroxylation sites is 2. The minimum absolute atomic E-state index is 0.193. The van der Waals surface area contributed by atoms with E-state index in [1.165, 1.54) is 6.08 Å². The van der Waals surface area contributed by atoms with Crippen LogP contribution in [0.25, 0.3) is 11.1 Å². The zero-order chi connectivity index (χ0) is 19.8. The first-order chi connectivity index (χ1) is 13.5. The fourth-order valence-electron chi connectivity index (χ4n) is 3.72. The first kappa shape index (κ1) is 17.7. The zero-order valence-corrected chi connectivity index (χ0v) is 15.4. The molecule has 4 rings (SSSR count). The molecule has 0 atom stereocenters. The molecule has 2 aromatic rings. The lowest BCUT2D eigenvalue weighted by Crippen LogP contribution is -2.36. The highest BCUT2D eigenvalue weighted by Crippen LogP contribution is 2.45. The first-order valence-electron chi connectivity index (χ1n) is 8.98. The molecule has 0 unspecified atom stereocenters. The van der Waals surface area contributed by atoms with Crippen LogP contribution in [0.1, 0.15) is 11.1 Å². The van der Waals surface area contributed by atoms with E-state index in [-0.39, 0.29) is 24.3 Å². The third-order valence-corrected chi connectivity index (χ3v) is 5.05. The van der Waals surface area contributed by atoms with Crippen molar-refractivity contribution in [2.24, 2.45) is 0 Å². The van der Waals surface area contributed by atoms with Gasteiger partial charge in [-0.25, -0.2) is 0 Å². The van der Waals surface area contributed by atoms with Crippen molar-refractivity contribution in [2.75, 3.05) is 29.9 Å². The highest BCUT2D eigenvalue weighted by Gasteiger charge is 2.40. The van der Waals surface area contributed by atoms with Gasteiger partial charge in [-0.15, -0.1) is 0 Å². The summed E-state index contributed by atoms with van der Waals surface area (Å²) in [6.07, 6.45) is 1.19. The molecular formula is C22H19N3O3. The molecule has 0 aliphatic carbocycles. The lowest BCUT2D eigenvalue weighted by atomic mass is 9.96. The molecule has 1 N–H and O–H groups in total. The molecule has 0 spiro atoms. The molecular weight excluding hydrogens is 354 g/mol. The van der Waals surface area contributed by atoms with E-state index in [4.69, 9.17) is 0 Å². The summed E-state index contributed by atoms with van der Waals surface area (Å²) in [5.41, 5.74) is 3.85. The Kier molecular flexibility index (Phi) is 4.31. The van der Waals surface area contributed by atoms with Crippen LogP contribution in [-0.2, 0) is 14.4 Å². The summed E-state index contributed by atoms with van der Waals surface area (Å²) in [5.74, 6) is -0.719. The number of hydrogen-bond donors (Lipinski definition) is 1. The van der Waals surface area contributed by atoms with Gasteiger partial charge in [0.2, 0.25) is 5.91 Å². The van der Waals surface area contributed by atoms with E-state index < -0.39 is 0 Å². The van der Waals surface area contributed by atoms with Crippen LogP contribution in [0.15, 0.2) is 61.2 Å². The van der Waals surface area contributed by atoms with Gasteiger partial charge in [-0.05, 0) is 18.2 Å². The Morgan fingerprint density at radius 2 is 1.54 bits per heavy atom. The number of amides is 3. The van der Waals surface area contributed by atoms with Gasteiger partial charge in [0.1, 0.15) is 0 Å². The van der Waals surface area contributed by atoms with Crippen LogP contribution in [0, 0.1) is 0 Å². The van der Waals surface area contributed by atoms with Crippen molar-refractivity contribution in [2.45, 2.75) is 0 Å². The molecule has 6 heteroatoms. The lowest BCUT2D eigenvalue weighted by molar-refractivity contribution is -0.117. The molecule has 140 valence electrons. The fourth-order valence-corrected chi connectivity index (χ4v) is 3.72. The molecule has 2 aromatic carbocycles. The molecule has 2 heterocycles. The van der Waals surface area contributed by atoms with Crippen molar-refractivity contribution in [3.8, 4) is 0 Å². The van der Waals surface area contributed by atoms with Gasteiger partial charge in [-0.1, -0.05) is 43.0 Å². The number of carbonyl (C=O) groups excluding carboxylic acids is 3. The van der Waals surface area contributed by atoms with Gasteiger partial charge in [0, 0.05) is 31.3 Å². The van der Waals surface area contributed by atoms with Gasteiger partial charge in [-0.3, -0.25) is 14.4 Å². The number of nitrogens with one attached hydrogen (secondary N) is 1. The number of likely N-dealkylation sites (N-methyl/N-ethyl adjacent to an activating group) is 1. The van der Waals surface area contributed by atoms with Crippen molar-refractivity contribution >= 4 is 40.2 Å². The number of anilines is 2. The topological polar surface area (TPSA) is 69.7 Å². The molecule has 0 aromatic heterocycles. The summed E-state index contributed by atoms with van der Waals surface area (Å²) in [7, 11) is 1.71. The minimum atomic E-state index is -0.292. The van der Waals surface area contributed by atoms with E-state index in [1.807, 2.05) is 48.5 Å². The average Bonchev–Trinajstić information content (AvgIpc) is 3.13. The molecule has 28 heavy (non-hydrogen) atoms. The predicted molar refractivity (Wildman–Crippen MR) is 109 cm³/mol. The summed E-state index contributed by atoms with van der Waals surface area (Å²) >= 11 is 0. The van der Waals surface area contributed by atoms with Crippen molar-refractivity contribution in [3.05, 3.63) is 72.3 Å². The molecule has 2 aliphatic rings. The second-order valence-corrected chi connectivity index (χ2v) is 6.60. The highest BCUT2D eigenvalue weighted by molar-refractivity contribution is 6.49. The normalized spacial score (nSPS) is 17.6. The Hall–Kier alpha value is -3.67. The summed E-state index contributed by atoms with van der Waals surface area (Å²) in [4.78, 5) is 40.9. The molecule has 2 aliphatic heterocycles. The van der Waals surface area contributed by atoms with Gasteiger partial charge >= 0.3 is 0 Å². The number of nitrogens with zero attached hydrogens (tertiary/aromatic N) is 2. The van der Waals surface area contributed by atoms with Gasteiger partial charge in [-0.2, -0.15) is 0 Å². The third-order valence-electron chi connectivity index (χ3n) is 5.05. The monoisotopic (exact) mass is 373 g/mol. The largest absolute Gasteiger partial charge is 0.351 e. The van der Waals surface area contributed by atoms with Crippen LogP contribution < -0.4 is 15.1 Å². The smallest absolute Gasteiger partial charge is 0.259 e. The average molecular weight is 373 g/mol. The second kappa shape index (κ2) is 6.81. The Labute approximate surface area is 162 Å². The maximum Gasteiger partial charge on any atom is 0.259 e. The van der Waals surface area contributed by atoms with Crippen LogP contribution in [0.2, 0.25) is 0 Å². The van der Waals surface area contributed by atoms with E-state index in [1.54, 1.807) is 16.8 Å². The van der Waals surface area contributed by atoms with Crippen LogP contribution in [0.3, 0.4) is 0 Å². The summed E-state index contributed by atoms with van der Waals surface area (Å²) in [6, 6.07) is 14.9. The van der Waals surface area contributed by atoms with Gasteiger partial charge in [0.15, 0.2) is 0 Å². The predicted octanol–water partition coefficient (Wildman–Crippen LogP) is 2.22. The van der Waals surface area contributed by atoms with E-state index >= 15 is 0 Å². The first-order valence-corrected chi connectivity index (χ1v) is 8.98. The van der Waals surface area contributed by atoms with Gasteiger partial charge < -0.3 is 15.1 Å². The SMILES string of the molecule is C=CC(=O)NCCN1C(=O)/C(=C2/C(=O)N(C)c3ccccc32)c2ccccc21. The molecule has 0 saturated carbocycles. The molecule has 6 nitrogen and oxygen atoms in total. The molecule has 0 fully saturated rings. The molecule has 0 radical (unpaired) electrons. The summed E-state index contributed by atoms with van der Waals surface area (Å²) in [6.45, 7) is 4.01. The van der Waals surface area contributed by atoms with Crippen molar-refractivity contribution < 1.29 is 14.4 Å². The maximum atomic E-state index is 13.3. The number of carbonyl (C=O) groups is 3. The van der Waals surface area contributed by atoms with E-state index in [2.05, 4.69) is 11.9 Å². The van der Waals surface area contributed by atoms with Gasteiger partial charge in [0.05, 0.1) is 22.5 Å². The standard InChI is InChI=1S/C22H19N3O3/c1-3-18(26)23-12-13-25-17-11-7-5-9-15(17)20(22(25)28)19-14-8-4-6-10-16(14)24(2)21(19)27/h3-11H,1,12-13H2,2H3,(H,23,26)/b20-19+. The Balaban J connectivity index is 1.80. The Morgan fingerprint density at radius 3 is 2.21 bits per heavy atom. The quantitative estimate of drug-likeness (QED) is 0.836. The van der Waals surface area contributed by atoms with E-state index in [0.29, 0.717) is 17.7 Å². The number of fused-ring (bicyclic) bond motifs is 2. The highest BCUT2D eigenvalue weighted by atomic mass is 16.2. The lowest BCUT2D eigenvalue weighted by Gasteiger charge is -2.17. The summed E-state index contributed by atoms with van der Waals surface area (Å²) in [5, 5.41) is 2.68. The minimum Gasteiger partial charge on any atom is -0.351 e. The van der Waals surface area contributed by atoms with Crippen LogP contribution in [0.5, 0.6) is 0 Å². The Bertz CT molecular complexity index is 1050. The van der Waals surface area contributed by atoms with Crippen LogP contribution in [0.4, 0.5) is 11.4 Å². The zero-order valence-electron chi connectivity index (χ0n) is 15.4. The summed E-state index contributed by atoms with van der Waals surface area (Å²) < 4.78 is 0. The van der Waals surface area contributed by atoms with Crippen molar-refractivity contribution in [1.82, 2.24) is 5.32 Å². The van der Waals surface area contributed by atoms with Crippen molar-refractivity contribution in [1.29, 1.82) is 0 Å². The van der Waals surface area contributed by atoms with E-state index in [0.717, 1.165) is 22.5 Å². The number of hydrogen-bond acceptors (Lipinski definition) is 3. The van der Waals surface area contributed by atoms with Crippen LogP contribution >= 0.6 is 0 Å². The molecule has 0 bridgehead atoms. The van der Waals surface area contributed by atoms with E-state index in [9.17, 15) is 14.4 Å². The number of benzene rings is 2. The number of rotatable bonds is 4. The maximum absolute atomic E-state index is 13.3. The molecule has 3 amide bonds. The molecule has 0 saturated heterocycles. The fraction of sp³-hybridized carbons (Fsp3) is 0.136. The van der Waals surface area contributed by atoms with Crippen molar-refractivity contribution in [3.63, 3.8) is 0 Å². The van der Waals surface area contributed by atoms with Gasteiger partial charge in [0.25, 0.3) is 11.8 Å². The Morgan fingerprint density at radius 1 is 0.964 bits per heavy atom. The third kappa shape index (κ3) is 2.62.